The maximum absolute atomic E-state index is 13.4. The van der Waals surface area contributed by atoms with E-state index in [0.717, 1.165) is 46.7 Å². The van der Waals surface area contributed by atoms with Crippen LogP contribution in [0.5, 0.6) is 0 Å². The number of aryl methyl sites for hydroxylation is 1. The number of benzene rings is 2. The van der Waals surface area contributed by atoms with Crippen LogP contribution in [-0.2, 0) is 13.1 Å². The lowest BCUT2D eigenvalue weighted by Crippen LogP contribution is -2.38. The van der Waals surface area contributed by atoms with Gasteiger partial charge in [-0.25, -0.2) is 19.9 Å². The van der Waals surface area contributed by atoms with Gasteiger partial charge < -0.3 is 14.8 Å². The fraction of sp³-hybridized carbons (Fsp3) is 0.237. The average molecular weight is 678 g/mol. The van der Waals surface area contributed by atoms with E-state index in [0.29, 0.717) is 44.7 Å². The van der Waals surface area contributed by atoms with Crippen molar-refractivity contribution in [2.75, 3.05) is 19.6 Å². The Balaban J connectivity index is 0.824. The highest BCUT2D eigenvalue weighted by Gasteiger charge is 2.27. The molecule has 0 aliphatic carbocycles. The molecule has 7 aromatic rings. The summed E-state index contributed by atoms with van der Waals surface area (Å²) in [4.78, 5) is 49.9. The second-order valence-corrected chi connectivity index (χ2v) is 12.6. The molecule has 0 atom stereocenters. The Hall–Kier alpha value is -6.37. The van der Waals surface area contributed by atoms with Crippen LogP contribution >= 0.6 is 0 Å². The number of carbonyl (C=O) groups is 2. The molecule has 254 valence electrons. The lowest BCUT2D eigenvalue weighted by Gasteiger charge is -2.31. The molecule has 1 fully saturated rings. The van der Waals surface area contributed by atoms with Crippen LogP contribution in [0, 0.1) is 0 Å². The van der Waals surface area contributed by atoms with Gasteiger partial charge in [-0.1, -0.05) is 41.6 Å². The van der Waals surface area contributed by atoms with Crippen LogP contribution < -0.4 is 5.32 Å². The third kappa shape index (κ3) is 6.78. The number of hydrogen-bond donors (Lipinski definition) is 1. The molecule has 1 saturated heterocycles. The first kappa shape index (κ1) is 31.9. The highest BCUT2D eigenvalue weighted by Crippen LogP contribution is 2.30. The smallest absolute Gasteiger partial charge is 0.269 e. The zero-order valence-electron chi connectivity index (χ0n) is 27.8. The van der Waals surface area contributed by atoms with Crippen molar-refractivity contribution in [2.45, 2.75) is 38.3 Å². The molecule has 0 spiro atoms. The monoisotopic (exact) mass is 677 g/mol. The molecule has 6 heterocycles. The number of aromatic nitrogens is 9. The van der Waals surface area contributed by atoms with Gasteiger partial charge in [-0.15, -0.1) is 5.10 Å². The molecular formula is C38H35N11O2. The number of pyridine rings is 1. The Morgan fingerprint density at radius 1 is 0.863 bits per heavy atom. The van der Waals surface area contributed by atoms with Gasteiger partial charge in [0.2, 0.25) is 0 Å². The number of rotatable bonds is 10. The van der Waals surface area contributed by atoms with Gasteiger partial charge in [-0.2, -0.15) is 0 Å². The first-order chi connectivity index (χ1) is 25.1. The molecule has 2 aromatic carbocycles. The number of amides is 2. The molecule has 51 heavy (non-hydrogen) atoms. The fourth-order valence-electron chi connectivity index (χ4n) is 6.76. The van der Waals surface area contributed by atoms with Crippen LogP contribution in [0.1, 0.15) is 57.5 Å². The van der Waals surface area contributed by atoms with Crippen LogP contribution in [0.4, 0.5) is 0 Å². The summed E-state index contributed by atoms with van der Waals surface area (Å²) in [6.45, 7) is 2.76. The predicted molar refractivity (Wildman–Crippen MR) is 191 cm³/mol. The fourth-order valence-corrected chi connectivity index (χ4v) is 6.76. The molecule has 1 aliphatic heterocycles. The van der Waals surface area contributed by atoms with E-state index in [4.69, 9.17) is 4.98 Å². The summed E-state index contributed by atoms with van der Waals surface area (Å²) in [6, 6.07) is 21.8. The molecule has 0 radical (unpaired) electrons. The Morgan fingerprint density at radius 2 is 1.59 bits per heavy atom. The first-order valence-corrected chi connectivity index (χ1v) is 17.1. The summed E-state index contributed by atoms with van der Waals surface area (Å²) in [7, 11) is 0. The quantitative estimate of drug-likeness (QED) is 0.199. The molecule has 0 saturated carbocycles. The number of carbonyl (C=O) groups excluding carboxylic acids is 2. The molecule has 13 nitrogen and oxygen atoms in total. The van der Waals surface area contributed by atoms with Gasteiger partial charge in [-0.3, -0.25) is 19.3 Å². The van der Waals surface area contributed by atoms with Crippen molar-refractivity contribution in [2.24, 2.45) is 0 Å². The maximum atomic E-state index is 13.4. The molecule has 1 N–H and O–H groups in total. The SMILES string of the molecule is O=C(NCCCn1cc(Cn2c3ccccc3c3ccccc32)nn1)c1cc(C(=O)N2CCC(c3nccc(-c4cncnc4)n3)CC2)ccn1. The molecule has 5 aromatic heterocycles. The van der Waals surface area contributed by atoms with E-state index in [1.807, 2.05) is 17.2 Å². The van der Waals surface area contributed by atoms with Crippen LogP contribution in [0.25, 0.3) is 33.1 Å². The second-order valence-electron chi connectivity index (χ2n) is 12.6. The summed E-state index contributed by atoms with van der Waals surface area (Å²) in [5.41, 5.74) is 5.44. The van der Waals surface area contributed by atoms with E-state index in [1.54, 1.807) is 35.4 Å². The van der Waals surface area contributed by atoms with Crippen molar-refractivity contribution < 1.29 is 9.59 Å². The average Bonchev–Trinajstić information content (AvgIpc) is 3.78. The Bertz CT molecular complexity index is 2270. The second kappa shape index (κ2) is 14.2. The van der Waals surface area contributed by atoms with Crippen molar-refractivity contribution >= 4 is 33.6 Å². The minimum atomic E-state index is -0.324. The highest BCUT2D eigenvalue weighted by molar-refractivity contribution is 6.08. The lowest BCUT2D eigenvalue weighted by atomic mass is 9.95. The van der Waals surface area contributed by atoms with E-state index in [9.17, 15) is 9.59 Å². The Morgan fingerprint density at radius 3 is 2.35 bits per heavy atom. The molecule has 13 heteroatoms. The van der Waals surface area contributed by atoms with Crippen molar-refractivity contribution in [3.8, 4) is 11.3 Å². The number of fused-ring (bicyclic) bond motifs is 3. The van der Waals surface area contributed by atoms with E-state index < -0.39 is 0 Å². The van der Waals surface area contributed by atoms with Gasteiger partial charge in [0.25, 0.3) is 11.8 Å². The van der Waals surface area contributed by atoms with Gasteiger partial charge in [-0.05, 0) is 49.6 Å². The molecule has 0 bridgehead atoms. The number of nitrogens with one attached hydrogen (secondary N) is 1. The third-order valence-electron chi connectivity index (χ3n) is 9.35. The van der Waals surface area contributed by atoms with Gasteiger partial charge in [0.15, 0.2) is 0 Å². The molecule has 0 unspecified atom stereocenters. The zero-order chi connectivity index (χ0) is 34.6. The number of likely N-dealkylation sites (tertiary alicyclic amines) is 1. The molecule has 2 amide bonds. The number of para-hydroxylation sites is 2. The molecule has 8 rings (SSSR count). The summed E-state index contributed by atoms with van der Waals surface area (Å²) < 4.78 is 4.07. The topological polar surface area (TPSA) is 150 Å². The van der Waals surface area contributed by atoms with Crippen LogP contribution in [-0.4, -0.2) is 80.8 Å². The molecular weight excluding hydrogens is 642 g/mol. The van der Waals surface area contributed by atoms with E-state index in [2.05, 4.69) is 88.7 Å². The third-order valence-corrected chi connectivity index (χ3v) is 9.35. The summed E-state index contributed by atoms with van der Waals surface area (Å²) in [5, 5.41) is 14.1. The maximum Gasteiger partial charge on any atom is 0.269 e. The highest BCUT2D eigenvalue weighted by atomic mass is 16.2. The van der Waals surface area contributed by atoms with E-state index in [-0.39, 0.29) is 23.4 Å². The van der Waals surface area contributed by atoms with Crippen LogP contribution in [0.3, 0.4) is 0 Å². The Labute approximate surface area is 293 Å². The van der Waals surface area contributed by atoms with Gasteiger partial charge in [0.1, 0.15) is 23.5 Å². The van der Waals surface area contributed by atoms with Crippen LogP contribution in [0.2, 0.25) is 0 Å². The minimum absolute atomic E-state index is 0.121. The molecule has 1 aliphatic rings. The van der Waals surface area contributed by atoms with Gasteiger partial charge in [0.05, 0.1) is 18.4 Å². The summed E-state index contributed by atoms with van der Waals surface area (Å²) >= 11 is 0. The van der Waals surface area contributed by atoms with E-state index >= 15 is 0 Å². The van der Waals surface area contributed by atoms with Gasteiger partial charge >= 0.3 is 0 Å². The van der Waals surface area contributed by atoms with Gasteiger partial charge in [0, 0.05) is 89.8 Å². The standard InChI is InChI=1S/C38H35N11O2/c50-37(43-14-5-17-48-23-29(45-46-48)24-49-34-8-3-1-6-30(34)31-7-2-4-9-35(31)49)33-20-27(10-15-41-33)38(51)47-18-12-26(13-19-47)36-42-16-11-32(44-36)28-21-39-25-40-22-28/h1-4,6-11,15-16,20-23,25-26H,5,12-14,17-19,24H2,(H,43,50). The Kier molecular flexibility index (Phi) is 8.90. The lowest BCUT2D eigenvalue weighted by molar-refractivity contribution is 0.0711. The largest absolute Gasteiger partial charge is 0.351 e. The van der Waals surface area contributed by atoms with Crippen molar-refractivity contribution in [1.82, 2.24) is 54.7 Å². The first-order valence-electron chi connectivity index (χ1n) is 17.1. The normalized spacial score (nSPS) is 13.5. The summed E-state index contributed by atoms with van der Waals surface area (Å²) in [6.07, 6.45) is 12.3. The van der Waals surface area contributed by atoms with Crippen molar-refractivity contribution in [1.29, 1.82) is 0 Å². The minimum Gasteiger partial charge on any atom is -0.351 e. The zero-order valence-corrected chi connectivity index (χ0v) is 27.8. The number of hydrogen-bond acceptors (Lipinski definition) is 9. The predicted octanol–water partition coefficient (Wildman–Crippen LogP) is 4.92. The van der Waals surface area contributed by atoms with Crippen molar-refractivity contribution in [3.05, 3.63) is 127 Å². The number of piperidine rings is 1. The summed E-state index contributed by atoms with van der Waals surface area (Å²) in [5.74, 6) is 0.454. The van der Waals surface area contributed by atoms with E-state index in [1.165, 1.54) is 23.3 Å². The number of nitrogens with zero attached hydrogens (tertiary/aromatic N) is 10. The van der Waals surface area contributed by atoms with Crippen molar-refractivity contribution in [3.63, 3.8) is 0 Å². The van der Waals surface area contributed by atoms with Crippen LogP contribution in [0.15, 0.2) is 104 Å².